The van der Waals surface area contributed by atoms with Crippen molar-refractivity contribution in [1.29, 1.82) is 0 Å². The molecule has 0 aliphatic rings. The number of rotatable bonds is 2. The van der Waals surface area contributed by atoms with Crippen molar-refractivity contribution in [2.75, 3.05) is 0 Å². The van der Waals surface area contributed by atoms with Crippen LogP contribution in [0.1, 0.15) is 24.3 Å². The van der Waals surface area contributed by atoms with Gasteiger partial charge in [0, 0.05) is 15.0 Å². The Hall–Kier alpha value is -2.38. The fraction of sp³-hybridized carbons (Fsp3) is 0.130. The maximum absolute atomic E-state index is 2.36. The third-order valence-electron chi connectivity index (χ3n) is 4.45. The van der Waals surface area contributed by atoms with Crippen LogP contribution in [0.3, 0.4) is 0 Å². The van der Waals surface area contributed by atoms with Crippen LogP contribution < -0.4 is 0 Å². The first-order chi connectivity index (χ1) is 11.6. The standard InChI is InChI=1S/C23H20S/c1-15(2)13-21-16(3)24-23-12-11-18(14-22(21)23)20-10-6-8-17-7-4-5-9-19(17)20/h4-14H,1-3H3. The van der Waals surface area contributed by atoms with Gasteiger partial charge in [0.2, 0.25) is 0 Å². The monoisotopic (exact) mass is 328 g/mol. The number of hydrogen-bond donors (Lipinski definition) is 0. The lowest BCUT2D eigenvalue weighted by Gasteiger charge is -2.07. The molecule has 4 rings (SSSR count). The SMILES string of the molecule is CC(C)=Cc1c(C)sc2ccc(-c3cccc4ccccc34)cc12. The molecule has 0 atom stereocenters. The highest BCUT2D eigenvalue weighted by Crippen LogP contribution is 2.37. The molecule has 0 bridgehead atoms. The van der Waals surface area contributed by atoms with Crippen LogP contribution in [0.15, 0.2) is 66.2 Å². The van der Waals surface area contributed by atoms with E-state index in [4.69, 9.17) is 0 Å². The molecule has 4 aromatic rings. The number of fused-ring (bicyclic) bond motifs is 2. The van der Waals surface area contributed by atoms with Gasteiger partial charge in [-0.1, -0.05) is 60.2 Å². The summed E-state index contributed by atoms with van der Waals surface area (Å²) in [6, 6.07) is 22.1. The van der Waals surface area contributed by atoms with Gasteiger partial charge in [-0.15, -0.1) is 11.3 Å². The number of allylic oxidation sites excluding steroid dienone is 1. The predicted molar refractivity (Wildman–Crippen MR) is 109 cm³/mol. The van der Waals surface area contributed by atoms with Crippen molar-refractivity contribution in [1.82, 2.24) is 0 Å². The molecule has 0 amide bonds. The van der Waals surface area contributed by atoms with Gasteiger partial charge in [0.15, 0.2) is 0 Å². The maximum atomic E-state index is 2.36. The van der Waals surface area contributed by atoms with E-state index in [1.165, 1.54) is 48.0 Å². The van der Waals surface area contributed by atoms with Crippen molar-refractivity contribution >= 4 is 38.3 Å². The zero-order valence-electron chi connectivity index (χ0n) is 14.3. The summed E-state index contributed by atoms with van der Waals surface area (Å²) in [5.41, 5.74) is 5.31. The smallest absolute Gasteiger partial charge is 0.0352 e. The van der Waals surface area contributed by atoms with Gasteiger partial charge in [-0.2, -0.15) is 0 Å². The summed E-state index contributed by atoms with van der Waals surface area (Å²) in [5.74, 6) is 0. The molecular weight excluding hydrogens is 308 g/mol. The van der Waals surface area contributed by atoms with Gasteiger partial charge in [0.25, 0.3) is 0 Å². The molecule has 3 aromatic carbocycles. The van der Waals surface area contributed by atoms with Crippen molar-refractivity contribution in [3.8, 4) is 11.1 Å². The number of hydrogen-bond acceptors (Lipinski definition) is 1. The highest BCUT2D eigenvalue weighted by molar-refractivity contribution is 7.19. The molecule has 0 aliphatic carbocycles. The summed E-state index contributed by atoms with van der Waals surface area (Å²) in [4.78, 5) is 1.39. The Bertz CT molecular complexity index is 1070. The van der Waals surface area contributed by atoms with E-state index in [0.717, 1.165) is 0 Å². The topological polar surface area (TPSA) is 0 Å². The van der Waals surface area contributed by atoms with Crippen LogP contribution in [-0.4, -0.2) is 0 Å². The van der Waals surface area contributed by atoms with E-state index in [2.05, 4.69) is 87.5 Å². The number of benzene rings is 3. The van der Waals surface area contributed by atoms with Crippen LogP contribution in [0.4, 0.5) is 0 Å². The van der Waals surface area contributed by atoms with Gasteiger partial charge in [0.1, 0.15) is 0 Å². The zero-order chi connectivity index (χ0) is 16.7. The lowest BCUT2D eigenvalue weighted by Crippen LogP contribution is -1.82. The Morgan fingerprint density at radius 3 is 2.50 bits per heavy atom. The fourth-order valence-electron chi connectivity index (χ4n) is 3.35. The second kappa shape index (κ2) is 5.92. The molecule has 0 radical (unpaired) electrons. The lowest BCUT2D eigenvalue weighted by atomic mass is 9.96. The molecule has 24 heavy (non-hydrogen) atoms. The molecule has 0 spiro atoms. The molecule has 0 N–H and O–H groups in total. The van der Waals surface area contributed by atoms with Gasteiger partial charge in [-0.05, 0) is 60.4 Å². The van der Waals surface area contributed by atoms with Crippen LogP contribution in [0.2, 0.25) is 0 Å². The summed E-state index contributed by atoms with van der Waals surface area (Å²) in [7, 11) is 0. The van der Waals surface area contributed by atoms with Gasteiger partial charge in [0.05, 0.1) is 0 Å². The summed E-state index contributed by atoms with van der Waals surface area (Å²) >= 11 is 1.88. The molecule has 118 valence electrons. The Kier molecular flexibility index (Phi) is 3.74. The fourth-order valence-corrected chi connectivity index (χ4v) is 4.38. The normalized spacial score (nSPS) is 11.1. The summed E-state index contributed by atoms with van der Waals surface area (Å²) in [5, 5.41) is 3.97. The minimum absolute atomic E-state index is 1.29. The maximum Gasteiger partial charge on any atom is 0.0352 e. The van der Waals surface area contributed by atoms with E-state index < -0.39 is 0 Å². The van der Waals surface area contributed by atoms with E-state index in [0.29, 0.717) is 0 Å². The molecule has 1 heteroatoms. The van der Waals surface area contributed by atoms with Crippen molar-refractivity contribution in [2.24, 2.45) is 0 Å². The van der Waals surface area contributed by atoms with E-state index in [1.807, 2.05) is 11.3 Å². The summed E-state index contributed by atoms with van der Waals surface area (Å²) in [6.45, 7) is 6.55. The van der Waals surface area contributed by atoms with E-state index >= 15 is 0 Å². The first-order valence-electron chi connectivity index (χ1n) is 8.29. The van der Waals surface area contributed by atoms with Gasteiger partial charge < -0.3 is 0 Å². The van der Waals surface area contributed by atoms with E-state index in [-0.39, 0.29) is 0 Å². The molecule has 1 aromatic heterocycles. The quantitative estimate of drug-likeness (QED) is 0.358. The second-order valence-electron chi connectivity index (χ2n) is 6.53. The Morgan fingerprint density at radius 1 is 0.875 bits per heavy atom. The van der Waals surface area contributed by atoms with E-state index in [1.54, 1.807) is 0 Å². The third kappa shape index (κ3) is 2.55. The highest BCUT2D eigenvalue weighted by atomic mass is 32.1. The largest absolute Gasteiger partial charge is 0.140 e. The summed E-state index contributed by atoms with van der Waals surface area (Å²) < 4.78 is 1.36. The van der Waals surface area contributed by atoms with Crippen molar-refractivity contribution in [2.45, 2.75) is 20.8 Å². The molecule has 0 fully saturated rings. The molecule has 0 unspecified atom stereocenters. The van der Waals surface area contributed by atoms with Gasteiger partial charge in [-0.25, -0.2) is 0 Å². The first kappa shape index (κ1) is 15.2. The Labute approximate surface area is 147 Å². The number of thiophene rings is 1. The number of aryl methyl sites for hydroxylation is 1. The minimum atomic E-state index is 1.29. The van der Waals surface area contributed by atoms with Crippen molar-refractivity contribution in [3.05, 3.63) is 76.7 Å². The first-order valence-corrected chi connectivity index (χ1v) is 9.11. The van der Waals surface area contributed by atoms with Crippen molar-refractivity contribution in [3.63, 3.8) is 0 Å². The third-order valence-corrected chi connectivity index (χ3v) is 5.55. The summed E-state index contributed by atoms with van der Waals surface area (Å²) in [6.07, 6.45) is 2.31. The van der Waals surface area contributed by atoms with Crippen LogP contribution in [0, 0.1) is 6.92 Å². The average molecular weight is 328 g/mol. The molecule has 0 saturated heterocycles. The Morgan fingerprint density at radius 2 is 1.67 bits per heavy atom. The molecule has 1 heterocycles. The molecule has 0 nitrogen and oxygen atoms in total. The van der Waals surface area contributed by atoms with E-state index in [9.17, 15) is 0 Å². The average Bonchev–Trinajstić information content (AvgIpc) is 2.89. The molecular formula is C23H20S. The molecule has 0 aliphatic heterocycles. The van der Waals surface area contributed by atoms with Crippen LogP contribution in [0.5, 0.6) is 0 Å². The minimum Gasteiger partial charge on any atom is -0.140 e. The molecule has 0 saturated carbocycles. The van der Waals surface area contributed by atoms with Gasteiger partial charge >= 0.3 is 0 Å². The zero-order valence-corrected chi connectivity index (χ0v) is 15.1. The van der Waals surface area contributed by atoms with Crippen molar-refractivity contribution < 1.29 is 0 Å². The lowest BCUT2D eigenvalue weighted by molar-refractivity contribution is 1.42. The van der Waals surface area contributed by atoms with Gasteiger partial charge in [-0.3, -0.25) is 0 Å². The Balaban J connectivity index is 1.99. The van der Waals surface area contributed by atoms with Crippen LogP contribution in [-0.2, 0) is 0 Å². The predicted octanol–water partition coefficient (Wildman–Crippen LogP) is 7.45. The van der Waals surface area contributed by atoms with Crippen LogP contribution in [0.25, 0.3) is 38.1 Å². The second-order valence-corrected chi connectivity index (χ2v) is 7.79. The highest BCUT2D eigenvalue weighted by Gasteiger charge is 2.10. The van der Waals surface area contributed by atoms with Crippen LogP contribution >= 0.6 is 11.3 Å².